The molecule has 4 heteroatoms. The van der Waals surface area contributed by atoms with Gasteiger partial charge in [0.25, 0.3) is 0 Å². The molecule has 2 rings (SSSR count). The van der Waals surface area contributed by atoms with Crippen molar-refractivity contribution in [2.75, 3.05) is 13.1 Å². The van der Waals surface area contributed by atoms with Gasteiger partial charge in [-0.2, -0.15) is 0 Å². The summed E-state index contributed by atoms with van der Waals surface area (Å²) in [5.74, 6) is -0.395. The van der Waals surface area contributed by atoms with Gasteiger partial charge in [0, 0.05) is 24.5 Å². The van der Waals surface area contributed by atoms with Crippen molar-refractivity contribution in [2.45, 2.75) is 32.7 Å². The molecule has 0 amide bonds. The lowest BCUT2D eigenvalue weighted by Gasteiger charge is -2.32. The van der Waals surface area contributed by atoms with Crippen molar-refractivity contribution in [1.29, 1.82) is 0 Å². The summed E-state index contributed by atoms with van der Waals surface area (Å²) in [4.78, 5) is 13.1. The van der Waals surface area contributed by atoms with Crippen LogP contribution in [0.25, 0.3) is 0 Å². The first-order valence-electron chi connectivity index (χ1n) is 6.74. The summed E-state index contributed by atoms with van der Waals surface area (Å²) in [6.45, 7) is 4.89. The maximum absolute atomic E-state index is 10.8. The highest BCUT2D eigenvalue weighted by atomic mass is 35.5. The average molecular weight is 282 g/mol. The van der Waals surface area contributed by atoms with Gasteiger partial charge in [0.15, 0.2) is 0 Å². The van der Waals surface area contributed by atoms with Crippen LogP contribution >= 0.6 is 11.6 Å². The number of likely N-dealkylation sites (tertiary alicyclic amines) is 1. The lowest BCUT2D eigenvalue weighted by molar-refractivity contribution is -0.138. The van der Waals surface area contributed by atoms with Gasteiger partial charge in [0.2, 0.25) is 0 Å². The zero-order valence-electron chi connectivity index (χ0n) is 11.2. The summed E-state index contributed by atoms with van der Waals surface area (Å²) in [5, 5.41) is 9.65. The molecule has 1 saturated heterocycles. The summed E-state index contributed by atoms with van der Waals surface area (Å²) in [6, 6.07) is 5.97. The third-order valence-electron chi connectivity index (χ3n) is 3.76. The van der Waals surface area contributed by atoms with E-state index in [1.54, 1.807) is 0 Å². The average Bonchev–Trinajstić information content (AvgIpc) is 2.32. The highest BCUT2D eigenvalue weighted by Crippen LogP contribution is 2.23. The predicted molar refractivity (Wildman–Crippen MR) is 76.4 cm³/mol. The molecule has 104 valence electrons. The van der Waals surface area contributed by atoms with Crippen LogP contribution in [-0.4, -0.2) is 29.1 Å². The van der Waals surface area contributed by atoms with Crippen molar-refractivity contribution in [3.63, 3.8) is 0 Å². The molecule has 1 aromatic carbocycles. The molecule has 0 bridgehead atoms. The number of aliphatic carboxylic acids is 1. The van der Waals surface area contributed by atoms with Crippen molar-refractivity contribution in [1.82, 2.24) is 4.90 Å². The second kappa shape index (κ2) is 6.40. The second-order valence-electron chi connectivity index (χ2n) is 5.41. The highest BCUT2D eigenvalue weighted by molar-refractivity contribution is 6.30. The van der Waals surface area contributed by atoms with Crippen LogP contribution in [0.3, 0.4) is 0 Å². The fourth-order valence-electron chi connectivity index (χ4n) is 2.79. The number of piperidine rings is 1. The monoisotopic (exact) mass is 281 g/mol. The third kappa shape index (κ3) is 4.22. The normalized spacial score (nSPS) is 20.4. The van der Waals surface area contributed by atoms with Crippen LogP contribution in [0.15, 0.2) is 18.2 Å². The van der Waals surface area contributed by atoms with Crippen LogP contribution in [0.5, 0.6) is 0 Å². The zero-order chi connectivity index (χ0) is 13.8. The third-order valence-corrected chi connectivity index (χ3v) is 4.00. The molecule has 0 aromatic heterocycles. The molecule has 0 radical (unpaired) electrons. The molecular formula is C15H20ClNO2. The minimum absolute atomic E-state index is 0.288. The fraction of sp³-hybridized carbons (Fsp3) is 0.533. The van der Waals surface area contributed by atoms with E-state index in [-0.39, 0.29) is 6.42 Å². The van der Waals surface area contributed by atoms with Crippen molar-refractivity contribution in [3.8, 4) is 0 Å². The van der Waals surface area contributed by atoms with Crippen LogP contribution in [0.4, 0.5) is 0 Å². The minimum atomic E-state index is -0.686. The summed E-state index contributed by atoms with van der Waals surface area (Å²) in [7, 11) is 0. The first-order valence-corrected chi connectivity index (χ1v) is 7.11. The molecular weight excluding hydrogens is 262 g/mol. The zero-order valence-corrected chi connectivity index (χ0v) is 12.0. The van der Waals surface area contributed by atoms with Gasteiger partial charge in [-0.25, -0.2) is 0 Å². The van der Waals surface area contributed by atoms with E-state index in [2.05, 4.69) is 17.9 Å². The fourth-order valence-corrected chi connectivity index (χ4v) is 3.01. The van der Waals surface area contributed by atoms with E-state index in [1.165, 1.54) is 11.1 Å². The number of hydrogen-bond donors (Lipinski definition) is 1. The molecule has 19 heavy (non-hydrogen) atoms. The van der Waals surface area contributed by atoms with Gasteiger partial charge in [0.1, 0.15) is 0 Å². The van der Waals surface area contributed by atoms with E-state index in [0.717, 1.165) is 37.5 Å². The van der Waals surface area contributed by atoms with Gasteiger partial charge in [-0.1, -0.05) is 17.7 Å². The number of rotatable bonds is 4. The molecule has 1 fully saturated rings. The van der Waals surface area contributed by atoms with Crippen molar-refractivity contribution >= 4 is 17.6 Å². The predicted octanol–water partition coefficient (Wildman–Crippen LogP) is 3.34. The molecule has 1 aliphatic rings. The lowest BCUT2D eigenvalue weighted by atomic mass is 9.94. The summed E-state index contributed by atoms with van der Waals surface area (Å²) >= 11 is 5.96. The van der Waals surface area contributed by atoms with Gasteiger partial charge in [-0.3, -0.25) is 9.69 Å². The molecule has 0 saturated carbocycles. The Kier molecular flexibility index (Phi) is 4.83. The summed E-state index contributed by atoms with van der Waals surface area (Å²) in [5.41, 5.74) is 2.48. The van der Waals surface area contributed by atoms with Gasteiger partial charge < -0.3 is 5.11 Å². The first-order chi connectivity index (χ1) is 9.04. The first kappa shape index (κ1) is 14.4. The van der Waals surface area contributed by atoms with Crippen molar-refractivity contribution in [2.24, 2.45) is 5.92 Å². The summed E-state index contributed by atoms with van der Waals surface area (Å²) < 4.78 is 0. The van der Waals surface area contributed by atoms with Gasteiger partial charge in [0.05, 0.1) is 0 Å². The smallest absolute Gasteiger partial charge is 0.303 e. The molecule has 1 N–H and O–H groups in total. The molecule has 1 unspecified atom stereocenters. The van der Waals surface area contributed by atoms with E-state index in [4.69, 9.17) is 16.7 Å². The quantitative estimate of drug-likeness (QED) is 0.920. The Morgan fingerprint density at radius 3 is 3.00 bits per heavy atom. The number of aryl methyl sites for hydroxylation is 1. The maximum atomic E-state index is 10.8. The molecule has 1 aromatic rings. The molecule has 1 aliphatic heterocycles. The second-order valence-corrected chi connectivity index (χ2v) is 5.85. The van der Waals surface area contributed by atoms with E-state index in [1.807, 2.05) is 12.1 Å². The van der Waals surface area contributed by atoms with Crippen molar-refractivity contribution in [3.05, 3.63) is 34.3 Å². The van der Waals surface area contributed by atoms with E-state index >= 15 is 0 Å². The van der Waals surface area contributed by atoms with Gasteiger partial charge >= 0.3 is 5.97 Å². The van der Waals surface area contributed by atoms with Crippen LogP contribution < -0.4 is 0 Å². The standard InChI is InChI=1S/C15H20ClNO2/c1-11-7-14(16)5-4-13(11)10-17-6-2-3-12(9-17)8-15(18)19/h4-5,7,12H,2-3,6,8-10H2,1H3,(H,18,19). The molecule has 0 spiro atoms. The van der Waals surface area contributed by atoms with Gasteiger partial charge in [-0.05, 0) is 55.5 Å². The number of carboxylic acids is 1. The Labute approximate surface area is 119 Å². The lowest BCUT2D eigenvalue weighted by Crippen LogP contribution is -2.35. The number of benzene rings is 1. The van der Waals surface area contributed by atoms with Crippen LogP contribution in [0, 0.1) is 12.8 Å². The van der Waals surface area contributed by atoms with Crippen LogP contribution in [0.2, 0.25) is 5.02 Å². The number of carbonyl (C=O) groups is 1. The summed E-state index contributed by atoms with van der Waals surface area (Å²) in [6.07, 6.45) is 2.41. The van der Waals surface area contributed by atoms with Crippen LogP contribution in [-0.2, 0) is 11.3 Å². The minimum Gasteiger partial charge on any atom is -0.481 e. The molecule has 0 aliphatic carbocycles. The van der Waals surface area contributed by atoms with E-state index < -0.39 is 5.97 Å². The maximum Gasteiger partial charge on any atom is 0.303 e. The Morgan fingerprint density at radius 1 is 1.53 bits per heavy atom. The van der Waals surface area contributed by atoms with Crippen molar-refractivity contribution < 1.29 is 9.90 Å². The Morgan fingerprint density at radius 2 is 2.32 bits per heavy atom. The van der Waals surface area contributed by atoms with E-state index in [0.29, 0.717) is 5.92 Å². The number of hydrogen-bond acceptors (Lipinski definition) is 2. The highest BCUT2D eigenvalue weighted by Gasteiger charge is 2.22. The number of nitrogens with zero attached hydrogens (tertiary/aromatic N) is 1. The number of carboxylic acid groups (broad SMARTS) is 1. The van der Waals surface area contributed by atoms with E-state index in [9.17, 15) is 4.79 Å². The number of halogens is 1. The Hall–Kier alpha value is -1.06. The Balaban J connectivity index is 1.96. The topological polar surface area (TPSA) is 40.5 Å². The molecule has 1 heterocycles. The molecule has 3 nitrogen and oxygen atoms in total. The van der Waals surface area contributed by atoms with Crippen LogP contribution in [0.1, 0.15) is 30.4 Å². The largest absolute Gasteiger partial charge is 0.481 e. The molecule has 1 atom stereocenters. The van der Waals surface area contributed by atoms with Gasteiger partial charge in [-0.15, -0.1) is 0 Å². The Bertz CT molecular complexity index is 461. The SMILES string of the molecule is Cc1cc(Cl)ccc1CN1CCCC(CC(=O)O)C1.